The number of benzene rings is 1. The van der Waals surface area contributed by atoms with Gasteiger partial charge in [0.25, 0.3) is 0 Å². The van der Waals surface area contributed by atoms with Crippen LogP contribution in [-0.2, 0) is 11.2 Å². The minimum Gasteiger partial charge on any atom is -0.359 e. The topological polar surface area (TPSA) is 23.6 Å². The van der Waals surface area contributed by atoms with E-state index < -0.39 is 0 Å². The van der Waals surface area contributed by atoms with Crippen molar-refractivity contribution in [3.63, 3.8) is 0 Å². The van der Waals surface area contributed by atoms with Gasteiger partial charge in [-0.25, -0.2) is 0 Å². The normalized spacial score (nSPS) is 22.3. The monoisotopic (exact) mass is 300 g/mol. The van der Waals surface area contributed by atoms with Gasteiger partial charge in [-0.3, -0.25) is 4.79 Å². The Balaban J connectivity index is 1.70. The van der Waals surface area contributed by atoms with E-state index in [4.69, 9.17) is 0 Å². The molecule has 1 unspecified atom stereocenters. The highest BCUT2D eigenvalue weighted by atomic mass is 16.2. The molecule has 3 nitrogen and oxygen atoms in total. The van der Waals surface area contributed by atoms with Crippen molar-refractivity contribution < 1.29 is 4.79 Å². The van der Waals surface area contributed by atoms with Crippen LogP contribution in [0.25, 0.3) is 0 Å². The number of fused-ring (bicyclic) bond motifs is 1. The molecule has 0 bridgehead atoms. The predicted molar refractivity (Wildman–Crippen MR) is 91.2 cm³/mol. The van der Waals surface area contributed by atoms with E-state index in [1.54, 1.807) is 0 Å². The Morgan fingerprint density at radius 3 is 2.68 bits per heavy atom. The summed E-state index contributed by atoms with van der Waals surface area (Å²) in [6.45, 7) is 2.76. The number of anilines is 1. The van der Waals surface area contributed by atoms with Crippen LogP contribution in [0.4, 0.5) is 5.69 Å². The highest BCUT2D eigenvalue weighted by molar-refractivity contribution is 5.82. The highest BCUT2D eigenvalue weighted by Gasteiger charge is 2.28. The van der Waals surface area contributed by atoms with Crippen molar-refractivity contribution in [2.24, 2.45) is 0 Å². The lowest BCUT2D eigenvalue weighted by Gasteiger charge is -2.39. The molecule has 120 valence electrons. The van der Waals surface area contributed by atoms with Gasteiger partial charge in [-0.2, -0.15) is 0 Å². The average molecular weight is 300 g/mol. The van der Waals surface area contributed by atoms with Crippen LogP contribution in [0.15, 0.2) is 24.3 Å². The average Bonchev–Trinajstić information content (AvgIpc) is 2.57. The van der Waals surface area contributed by atoms with Crippen molar-refractivity contribution >= 4 is 11.6 Å². The molecular formula is C19H28N2O. The summed E-state index contributed by atoms with van der Waals surface area (Å²) >= 11 is 0. The summed E-state index contributed by atoms with van der Waals surface area (Å²) in [5.41, 5.74) is 2.64. The zero-order valence-corrected chi connectivity index (χ0v) is 13.9. The van der Waals surface area contributed by atoms with Crippen LogP contribution < -0.4 is 4.90 Å². The summed E-state index contributed by atoms with van der Waals surface area (Å²) in [5.74, 6) is 0.274. The zero-order valence-electron chi connectivity index (χ0n) is 13.9. The molecule has 0 radical (unpaired) electrons. The van der Waals surface area contributed by atoms with Crippen molar-refractivity contribution in [3.8, 4) is 0 Å². The summed E-state index contributed by atoms with van der Waals surface area (Å²) in [4.78, 5) is 17.1. The Kier molecular flexibility index (Phi) is 4.70. The number of hydrogen-bond donors (Lipinski definition) is 0. The molecule has 22 heavy (non-hydrogen) atoms. The number of carbonyl (C=O) groups excluding carboxylic acids is 1. The first-order valence-corrected chi connectivity index (χ1v) is 8.77. The molecule has 3 heteroatoms. The molecule has 0 spiro atoms. The molecule has 1 saturated carbocycles. The molecule has 1 aliphatic heterocycles. The molecule has 1 aromatic carbocycles. The Hall–Kier alpha value is -1.51. The predicted octanol–water partition coefficient (Wildman–Crippen LogP) is 3.62. The van der Waals surface area contributed by atoms with E-state index in [1.807, 2.05) is 11.9 Å². The van der Waals surface area contributed by atoms with Crippen molar-refractivity contribution in [2.45, 2.75) is 64.0 Å². The van der Waals surface area contributed by atoms with Gasteiger partial charge in [0, 0.05) is 24.8 Å². The minimum absolute atomic E-state index is 0.274. The molecule has 1 aliphatic carbocycles. The molecule has 0 N–H and O–H groups in total. The number of para-hydroxylation sites is 1. The third-order valence-electron chi connectivity index (χ3n) is 5.49. The SMILES string of the molecule is CC1CCc2ccccc2N1CC(=O)N(C)C1CCCCC1. The summed E-state index contributed by atoms with van der Waals surface area (Å²) in [6.07, 6.45) is 8.48. The van der Waals surface area contributed by atoms with Gasteiger partial charge in [0.1, 0.15) is 0 Å². The summed E-state index contributed by atoms with van der Waals surface area (Å²) < 4.78 is 0. The maximum Gasteiger partial charge on any atom is 0.242 e. The van der Waals surface area contributed by atoms with Crippen LogP contribution in [0.3, 0.4) is 0 Å². The van der Waals surface area contributed by atoms with Crippen LogP contribution in [0, 0.1) is 0 Å². The Morgan fingerprint density at radius 1 is 1.18 bits per heavy atom. The molecule has 1 atom stereocenters. The van der Waals surface area contributed by atoms with E-state index in [1.165, 1.54) is 43.4 Å². The fourth-order valence-corrected chi connectivity index (χ4v) is 3.93. The third-order valence-corrected chi connectivity index (χ3v) is 5.49. The molecule has 0 saturated heterocycles. The minimum atomic E-state index is 0.274. The summed E-state index contributed by atoms with van der Waals surface area (Å²) in [5, 5.41) is 0. The van der Waals surface area contributed by atoms with Gasteiger partial charge in [0.15, 0.2) is 0 Å². The van der Waals surface area contributed by atoms with Crippen molar-refractivity contribution in [1.82, 2.24) is 4.90 Å². The first-order chi connectivity index (χ1) is 10.7. The van der Waals surface area contributed by atoms with E-state index >= 15 is 0 Å². The lowest BCUT2D eigenvalue weighted by atomic mass is 9.94. The van der Waals surface area contributed by atoms with Gasteiger partial charge in [-0.15, -0.1) is 0 Å². The summed E-state index contributed by atoms with van der Waals surface area (Å²) in [7, 11) is 2.00. The molecule has 0 aromatic heterocycles. The van der Waals surface area contributed by atoms with Gasteiger partial charge in [0.05, 0.1) is 6.54 Å². The van der Waals surface area contributed by atoms with Gasteiger partial charge in [0.2, 0.25) is 5.91 Å². The first kappa shape index (κ1) is 15.4. The largest absolute Gasteiger partial charge is 0.359 e. The van der Waals surface area contributed by atoms with Crippen molar-refractivity contribution in [2.75, 3.05) is 18.5 Å². The molecule has 1 fully saturated rings. The Bertz CT molecular complexity index is 522. The van der Waals surface area contributed by atoms with E-state index in [2.05, 4.69) is 36.1 Å². The van der Waals surface area contributed by atoms with Crippen molar-refractivity contribution in [1.29, 1.82) is 0 Å². The number of amides is 1. The molecule has 2 aliphatic rings. The molecule has 1 amide bonds. The highest BCUT2D eigenvalue weighted by Crippen LogP contribution is 2.30. The quantitative estimate of drug-likeness (QED) is 0.851. The Labute approximate surface area is 134 Å². The molecule has 1 aromatic rings. The number of nitrogens with zero attached hydrogens (tertiary/aromatic N) is 2. The van der Waals surface area contributed by atoms with Gasteiger partial charge in [-0.05, 0) is 44.2 Å². The lowest BCUT2D eigenvalue weighted by molar-refractivity contribution is -0.131. The van der Waals surface area contributed by atoms with E-state index in [0.717, 1.165) is 12.8 Å². The smallest absolute Gasteiger partial charge is 0.242 e. The van der Waals surface area contributed by atoms with Gasteiger partial charge >= 0.3 is 0 Å². The van der Waals surface area contributed by atoms with E-state index in [0.29, 0.717) is 18.6 Å². The fraction of sp³-hybridized carbons (Fsp3) is 0.632. The second-order valence-corrected chi connectivity index (χ2v) is 6.94. The fourth-order valence-electron chi connectivity index (χ4n) is 3.93. The second kappa shape index (κ2) is 6.72. The molecule has 1 heterocycles. The van der Waals surface area contributed by atoms with Gasteiger partial charge < -0.3 is 9.80 Å². The number of carbonyl (C=O) groups is 1. The second-order valence-electron chi connectivity index (χ2n) is 6.94. The zero-order chi connectivity index (χ0) is 15.5. The molecular weight excluding hydrogens is 272 g/mol. The van der Waals surface area contributed by atoms with Crippen LogP contribution in [-0.4, -0.2) is 36.5 Å². The van der Waals surface area contributed by atoms with Gasteiger partial charge in [-0.1, -0.05) is 37.5 Å². The van der Waals surface area contributed by atoms with Crippen LogP contribution in [0.1, 0.15) is 51.0 Å². The maximum atomic E-state index is 12.8. The third kappa shape index (κ3) is 3.13. The number of likely N-dealkylation sites (N-methyl/N-ethyl adjacent to an activating group) is 1. The molecule has 3 rings (SSSR count). The number of rotatable bonds is 3. The number of aryl methyl sites for hydroxylation is 1. The van der Waals surface area contributed by atoms with Crippen LogP contribution in [0.5, 0.6) is 0 Å². The standard InChI is InChI=1S/C19H28N2O/c1-15-12-13-16-8-6-7-11-18(16)21(15)14-19(22)20(2)17-9-4-3-5-10-17/h6-8,11,15,17H,3-5,9-10,12-14H2,1-2H3. The first-order valence-electron chi connectivity index (χ1n) is 8.77. The number of hydrogen-bond acceptors (Lipinski definition) is 2. The summed E-state index contributed by atoms with van der Waals surface area (Å²) in [6, 6.07) is 9.44. The van der Waals surface area contributed by atoms with E-state index in [-0.39, 0.29) is 5.91 Å². The van der Waals surface area contributed by atoms with Crippen molar-refractivity contribution in [3.05, 3.63) is 29.8 Å². The van der Waals surface area contributed by atoms with Crippen LogP contribution >= 0.6 is 0 Å². The maximum absolute atomic E-state index is 12.8. The lowest BCUT2D eigenvalue weighted by Crippen LogP contribution is -2.47. The Morgan fingerprint density at radius 2 is 1.91 bits per heavy atom. The van der Waals surface area contributed by atoms with Crippen LogP contribution in [0.2, 0.25) is 0 Å². The van der Waals surface area contributed by atoms with E-state index in [9.17, 15) is 4.79 Å².